The molecule has 0 bridgehead atoms. The summed E-state index contributed by atoms with van der Waals surface area (Å²) in [5, 5.41) is 22.0. The first-order valence-corrected chi connectivity index (χ1v) is 17.5. The van der Waals surface area contributed by atoms with Gasteiger partial charge < -0.3 is 15.3 Å². The number of ketones is 1. The third-order valence-electron chi connectivity index (χ3n) is 8.09. The summed E-state index contributed by atoms with van der Waals surface area (Å²) in [6.45, 7) is 10.5. The molecule has 1 aromatic heterocycles. The molecule has 45 heavy (non-hydrogen) atoms. The van der Waals surface area contributed by atoms with E-state index in [4.69, 9.17) is 0 Å². The fourth-order valence-electron chi connectivity index (χ4n) is 5.59. The summed E-state index contributed by atoms with van der Waals surface area (Å²) in [4.78, 5) is 52.7. The molecule has 244 valence electrons. The van der Waals surface area contributed by atoms with Gasteiger partial charge >= 0.3 is 28.3 Å². The molecule has 10 nitrogen and oxygen atoms in total. The van der Waals surface area contributed by atoms with E-state index in [9.17, 15) is 24.3 Å². The van der Waals surface area contributed by atoms with E-state index in [0.29, 0.717) is 24.7 Å². The molecule has 0 saturated carbocycles. The van der Waals surface area contributed by atoms with Gasteiger partial charge in [0.1, 0.15) is 12.1 Å². The van der Waals surface area contributed by atoms with E-state index in [1.54, 1.807) is 62.4 Å². The van der Waals surface area contributed by atoms with E-state index < -0.39 is 34.6 Å². The number of benzene rings is 2. The Hall–Kier alpha value is -2.82. The zero-order valence-corrected chi connectivity index (χ0v) is 29.8. The Kier molecular flexibility index (Phi) is 13.1. The predicted molar refractivity (Wildman–Crippen MR) is 173 cm³/mol. The topological polar surface area (TPSA) is 145 Å². The summed E-state index contributed by atoms with van der Waals surface area (Å²) < 4.78 is -0.673. The van der Waals surface area contributed by atoms with Crippen molar-refractivity contribution in [3.63, 3.8) is 0 Å². The zero-order chi connectivity index (χ0) is 32.0. The van der Waals surface area contributed by atoms with Crippen molar-refractivity contribution in [2.75, 3.05) is 18.5 Å². The van der Waals surface area contributed by atoms with Gasteiger partial charge in [-0.15, -0.1) is 37.4 Å². The normalized spacial score (nSPS) is 20.2. The molecule has 2 fully saturated rings. The van der Waals surface area contributed by atoms with Crippen molar-refractivity contribution in [1.82, 2.24) is 25.6 Å². The van der Waals surface area contributed by atoms with Crippen LogP contribution in [0.4, 0.5) is 0 Å². The number of rotatable bonds is 11. The molecule has 0 spiro atoms. The van der Waals surface area contributed by atoms with Crippen LogP contribution in [0.15, 0.2) is 54.6 Å². The molecule has 0 radical (unpaired) electrons. The van der Waals surface area contributed by atoms with E-state index in [1.807, 2.05) is 6.07 Å². The molecular weight excluding hydrogens is 794 g/mol. The smallest absolute Gasteiger partial charge is 0.480 e. The molecule has 2 aliphatic heterocycles. The van der Waals surface area contributed by atoms with Gasteiger partial charge in [-0.2, -0.15) is 0 Å². The number of nitrogens with one attached hydrogen (secondary N) is 2. The zero-order valence-electron chi connectivity index (χ0n) is 25.9. The first-order chi connectivity index (χ1) is 21.0. The van der Waals surface area contributed by atoms with Crippen LogP contribution in [0.1, 0.15) is 63.0 Å². The van der Waals surface area contributed by atoms with Gasteiger partial charge in [-0.1, -0.05) is 80.3 Å². The number of fused-ring (bicyclic) bond motifs is 1. The van der Waals surface area contributed by atoms with Crippen molar-refractivity contribution in [3.8, 4) is 11.3 Å². The summed E-state index contributed by atoms with van der Waals surface area (Å²) in [7, 11) is 0.446. The minimum Gasteiger partial charge on any atom is -0.480 e. The molecule has 3 heterocycles. The third kappa shape index (κ3) is 8.32. The van der Waals surface area contributed by atoms with Gasteiger partial charge in [-0.25, -0.2) is 9.89 Å². The van der Waals surface area contributed by atoms with Gasteiger partial charge in [0.15, 0.2) is 5.78 Å². The van der Waals surface area contributed by atoms with Crippen molar-refractivity contribution in [3.05, 3.63) is 71.9 Å². The molecule has 2 aromatic carbocycles. The largest absolute Gasteiger partial charge is 1.00 e. The molecule has 4 atom stereocenters. The monoisotopic (exact) mass is 833 g/mol. The third-order valence-corrected chi connectivity index (χ3v) is 12.4. The maximum absolute atomic E-state index is 13.5. The summed E-state index contributed by atoms with van der Waals surface area (Å²) in [6, 6.07) is 13.6. The van der Waals surface area contributed by atoms with Crippen molar-refractivity contribution in [1.29, 1.82) is 0 Å². The molecule has 2 amide bonds. The van der Waals surface area contributed by atoms with Gasteiger partial charge in [-0.3, -0.25) is 19.5 Å². The second-order valence-corrected chi connectivity index (χ2v) is 16.2. The second-order valence-electron chi connectivity index (χ2n) is 11.2. The van der Waals surface area contributed by atoms with Crippen LogP contribution in [0.3, 0.4) is 0 Å². The molecule has 3 N–H and O–H groups in total. The van der Waals surface area contributed by atoms with Crippen LogP contribution in [0, 0.1) is 12.1 Å². The summed E-state index contributed by atoms with van der Waals surface area (Å²) in [5.74, 6) is -2.79. The molecular formula is C32H39AuN5O5PS. The number of carbonyl (C=O) groups excluding carboxylic acids is 3. The number of carbonyl (C=O) groups is 4. The SMILES string of the molecule is CC1(C)S[C@@H]2[C@H](CC(=O)[C@H](NC(=O)c3ccc(-c4[c-]nn[nH]4)cc3)c3ccccc3)C(=O)N2[C@H]1C(=O)O.CCP(CC)CC.[Au+]. The van der Waals surface area contributed by atoms with Crippen molar-refractivity contribution < 1.29 is 46.7 Å². The molecule has 2 saturated heterocycles. The number of carboxylic acids is 1. The fraction of sp³-hybridized carbons (Fsp3) is 0.438. The fourth-order valence-corrected chi connectivity index (χ4v) is 8.61. The average Bonchev–Trinajstić information content (AvgIpc) is 3.65. The Bertz CT molecular complexity index is 1450. The van der Waals surface area contributed by atoms with Crippen LogP contribution in [-0.2, 0) is 36.8 Å². The first kappa shape index (κ1) is 36.6. The Balaban J connectivity index is 0.000000621. The summed E-state index contributed by atoms with van der Waals surface area (Å²) >= 11 is 1.40. The number of H-pyrrole nitrogens is 1. The van der Waals surface area contributed by atoms with Gasteiger partial charge in [0.05, 0.1) is 11.3 Å². The number of hydrogen-bond donors (Lipinski definition) is 3. The van der Waals surface area contributed by atoms with Gasteiger partial charge in [0.2, 0.25) is 5.91 Å². The molecule has 13 heteroatoms. The van der Waals surface area contributed by atoms with Crippen LogP contribution in [-0.4, -0.2) is 83.6 Å². The van der Waals surface area contributed by atoms with Crippen LogP contribution >= 0.6 is 19.7 Å². The number of hydrogen-bond acceptors (Lipinski definition) is 7. The Labute approximate surface area is 285 Å². The number of aromatic amines is 1. The number of Topliss-reactive ketones (excluding diaryl/α,β-unsaturated/α-hetero) is 1. The number of thioether (sulfide) groups is 1. The van der Waals surface area contributed by atoms with Crippen LogP contribution in [0.5, 0.6) is 0 Å². The Morgan fingerprint density at radius 3 is 2.20 bits per heavy atom. The van der Waals surface area contributed by atoms with E-state index in [1.165, 1.54) is 35.1 Å². The molecule has 5 rings (SSSR count). The second kappa shape index (κ2) is 16.1. The maximum Gasteiger partial charge on any atom is 1.00 e. The number of amides is 2. The van der Waals surface area contributed by atoms with Crippen molar-refractivity contribution in [2.24, 2.45) is 5.92 Å². The van der Waals surface area contributed by atoms with Crippen LogP contribution < -0.4 is 5.32 Å². The van der Waals surface area contributed by atoms with E-state index >= 15 is 0 Å². The van der Waals surface area contributed by atoms with Gasteiger partial charge in [0.25, 0.3) is 5.91 Å². The molecule has 0 unspecified atom stereocenters. The molecule has 3 aromatic rings. The Morgan fingerprint density at radius 1 is 1.07 bits per heavy atom. The van der Waals surface area contributed by atoms with E-state index in [0.717, 1.165) is 5.56 Å². The van der Waals surface area contributed by atoms with Crippen molar-refractivity contribution in [2.45, 2.75) is 63.2 Å². The number of nitrogens with zero attached hydrogens (tertiary/aromatic N) is 3. The maximum atomic E-state index is 13.5. The Morgan fingerprint density at radius 2 is 1.69 bits per heavy atom. The van der Waals surface area contributed by atoms with E-state index in [-0.39, 0.29) is 45.9 Å². The minimum absolute atomic E-state index is 0. The molecule has 2 aliphatic rings. The van der Waals surface area contributed by atoms with Crippen LogP contribution in [0.2, 0.25) is 0 Å². The minimum atomic E-state index is -1.06. The summed E-state index contributed by atoms with van der Waals surface area (Å²) in [5.41, 5.74) is 2.29. The average molecular weight is 834 g/mol. The standard InChI is InChI=1S/C26H24N5O5S.C6H15P.Au/c1-26(2)21(25(35)36)31-23(34)17(24(31)37-26)12-19(32)20(15-6-4-3-5-7-15)28-22(33)16-10-8-14(9-11-16)18-13-27-30-29-18;1-4-7(5-2)6-3;/h3-11,17,20-21,24H,12H2,1-2H3,(H,28,33)(H,35,36)(H,27,29,30);4-6H2,1-3H3;/q-1;;+1/t17-,20-,21+,24-;;/m1../s1. The number of β-lactam (4-membered cyclic amide) rings is 1. The summed E-state index contributed by atoms with van der Waals surface area (Å²) in [6.07, 6.45) is 6.86. The quantitative estimate of drug-likeness (QED) is 0.106. The number of aromatic nitrogens is 3. The van der Waals surface area contributed by atoms with Crippen molar-refractivity contribution >= 4 is 43.3 Å². The van der Waals surface area contributed by atoms with Crippen LogP contribution in [0.25, 0.3) is 11.3 Å². The molecule has 0 aliphatic carbocycles. The van der Waals surface area contributed by atoms with Gasteiger partial charge in [-0.05, 0) is 37.9 Å². The van der Waals surface area contributed by atoms with E-state index in [2.05, 4.69) is 47.7 Å². The number of carboxylic acid groups (broad SMARTS) is 1. The predicted octanol–water partition coefficient (Wildman–Crippen LogP) is 4.99. The first-order valence-electron chi connectivity index (χ1n) is 14.7. The van der Waals surface area contributed by atoms with Gasteiger partial charge in [0, 0.05) is 16.7 Å². The number of aliphatic carboxylic acids is 1.